The van der Waals surface area contributed by atoms with E-state index in [0.717, 1.165) is 18.7 Å². The molecule has 0 radical (unpaired) electrons. The molecule has 0 saturated carbocycles. The van der Waals surface area contributed by atoms with E-state index in [1.807, 2.05) is 19.2 Å². The molecule has 122 valence electrons. The van der Waals surface area contributed by atoms with Gasteiger partial charge in [0.1, 0.15) is 0 Å². The van der Waals surface area contributed by atoms with E-state index in [1.165, 1.54) is 18.4 Å². The molecule has 2 rings (SSSR count). The van der Waals surface area contributed by atoms with Crippen LogP contribution in [0.4, 0.5) is 10.7 Å². The number of nitrogens with zero attached hydrogens (tertiary/aromatic N) is 1. The van der Waals surface area contributed by atoms with E-state index in [9.17, 15) is 9.59 Å². The minimum atomic E-state index is -0.412. The third kappa shape index (κ3) is 4.32. The molecule has 0 aliphatic rings. The van der Waals surface area contributed by atoms with E-state index >= 15 is 0 Å². The van der Waals surface area contributed by atoms with Gasteiger partial charge in [0.2, 0.25) is 0 Å². The number of thiophene rings is 1. The summed E-state index contributed by atoms with van der Waals surface area (Å²) in [5.74, 6) is -0.613. The van der Waals surface area contributed by atoms with Crippen molar-refractivity contribution in [3.8, 4) is 0 Å². The number of carbonyl (C=O) groups excluding carboxylic acids is 2. The van der Waals surface area contributed by atoms with E-state index in [-0.39, 0.29) is 5.91 Å². The lowest BCUT2D eigenvalue weighted by atomic mass is 10.2. The maximum atomic E-state index is 12.2. The van der Waals surface area contributed by atoms with Crippen molar-refractivity contribution >= 4 is 33.9 Å². The largest absolute Gasteiger partial charge is 0.465 e. The molecule has 0 atom stereocenters. The predicted octanol–water partition coefficient (Wildman–Crippen LogP) is 3.63. The Balaban J connectivity index is 2.03. The molecule has 0 aliphatic heterocycles. The van der Waals surface area contributed by atoms with Gasteiger partial charge in [0.25, 0.3) is 5.91 Å². The van der Waals surface area contributed by atoms with Gasteiger partial charge in [0.15, 0.2) is 0 Å². The van der Waals surface area contributed by atoms with Crippen LogP contribution in [0.2, 0.25) is 0 Å². The molecule has 0 fully saturated rings. The Morgan fingerprint density at radius 3 is 2.52 bits per heavy atom. The van der Waals surface area contributed by atoms with Crippen LogP contribution in [-0.2, 0) is 4.74 Å². The van der Waals surface area contributed by atoms with Crippen LogP contribution in [0.3, 0.4) is 0 Å². The Morgan fingerprint density at radius 2 is 1.91 bits per heavy atom. The van der Waals surface area contributed by atoms with Gasteiger partial charge in [-0.3, -0.25) is 4.79 Å². The molecule has 0 aliphatic carbocycles. The zero-order chi connectivity index (χ0) is 16.8. The van der Waals surface area contributed by atoms with Crippen LogP contribution in [0.1, 0.15) is 34.1 Å². The summed E-state index contributed by atoms with van der Waals surface area (Å²) in [5, 5.41) is 5.06. The van der Waals surface area contributed by atoms with Crippen molar-refractivity contribution in [2.75, 3.05) is 30.9 Å². The van der Waals surface area contributed by atoms with Gasteiger partial charge in [-0.1, -0.05) is 6.92 Å². The molecule has 0 spiro atoms. The summed E-state index contributed by atoms with van der Waals surface area (Å²) in [6.45, 7) is 3.10. The first-order valence-corrected chi connectivity index (χ1v) is 8.22. The van der Waals surface area contributed by atoms with Gasteiger partial charge < -0.3 is 15.0 Å². The van der Waals surface area contributed by atoms with E-state index < -0.39 is 5.97 Å². The van der Waals surface area contributed by atoms with Crippen LogP contribution in [0, 0.1) is 0 Å². The topological polar surface area (TPSA) is 58.6 Å². The van der Waals surface area contributed by atoms with Crippen molar-refractivity contribution in [1.82, 2.24) is 0 Å². The predicted molar refractivity (Wildman–Crippen MR) is 93.6 cm³/mol. The zero-order valence-corrected chi connectivity index (χ0v) is 14.3. The number of methoxy groups -OCH3 is 1. The lowest BCUT2D eigenvalue weighted by molar-refractivity contribution is 0.0601. The quantitative estimate of drug-likeness (QED) is 0.821. The molecular formula is C17H20N2O3S. The van der Waals surface area contributed by atoms with Crippen LogP contribution < -0.4 is 10.2 Å². The molecule has 0 bridgehead atoms. The number of hydrogen-bond acceptors (Lipinski definition) is 5. The maximum Gasteiger partial charge on any atom is 0.338 e. The molecule has 5 nitrogen and oxygen atoms in total. The number of nitrogens with one attached hydrogen (secondary N) is 1. The number of rotatable bonds is 6. The molecule has 1 aromatic heterocycles. The molecule has 1 aromatic carbocycles. The monoisotopic (exact) mass is 332 g/mol. The molecule has 1 amide bonds. The van der Waals surface area contributed by atoms with E-state index in [2.05, 4.69) is 21.9 Å². The van der Waals surface area contributed by atoms with Crippen molar-refractivity contribution < 1.29 is 14.3 Å². The minimum Gasteiger partial charge on any atom is -0.465 e. The summed E-state index contributed by atoms with van der Waals surface area (Å²) < 4.78 is 4.64. The SMILES string of the molecule is CCCN(C)c1ccc(C(=O)Nc2cc(C(=O)OC)cs2)cc1. The normalized spacial score (nSPS) is 10.2. The van der Waals surface area contributed by atoms with Gasteiger partial charge in [0, 0.05) is 30.2 Å². The van der Waals surface area contributed by atoms with Gasteiger partial charge in [-0.2, -0.15) is 0 Å². The Kier molecular flexibility index (Phi) is 5.76. The standard InChI is InChI=1S/C17H20N2O3S/c1-4-9-19(2)14-7-5-12(6-8-14)16(20)18-15-10-13(11-23-15)17(21)22-3/h5-8,10-11H,4,9H2,1-3H3,(H,18,20). The second-order valence-electron chi connectivity index (χ2n) is 5.11. The number of hydrogen-bond donors (Lipinski definition) is 1. The van der Waals surface area contributed by atoms with Crippen molar-refractivity contribution in [2.45, 2.75) is 13.3 Å². The van der Waals surface area contributed by atoms with Crippen molar-refractivity contribution in [2.24, 2.45) is 0 Å². The summed E-state index contributed by atoms with van der Waals surface area (Å²) in [4.78, 5) is 25.8. The van der Waals surface area contributed by atoms with E-state index in [4.69, 9.17) is 0 Å². The van der Waals surface area contributed by atoms with Gasteiger partial charge in [-0.25, -0.2) is 4.79 Å². The van der Waals surface area contributed by atoms with E-state index in [1.54, 1.807) is 23.6 Å². The van der Waals surface area contributed by atoms with Crippen LogP contribution >= 0.6 is 11.3 Å². The van der Waals surface area contributed by atoms with Gasteiger partial charge in [-0.05, 0) is 36.8 Å². The first-order valence-electron chi connectivity index (χ1n) is 7.34. The molecular weight excluding hydrogens is 312 g/mol. The maximum absolute atomic E-state index is 12.2. The fourth-order valence-electron chi connectivity index (χ4n) is 2.14. The van der Waals surface area contributed by atoms with Crippen LogP contribution in [0.25, 0.3) is 0 Å². The number of esters is 1. The Morgan fingerprint density at radius 1 is 1.22 bits per heavy atom. The highest BCUT2D eigenvalue weighted by Gasteiger charge is 2.12. The number of benzene rings is 1. The average molecular weight is 332 g/mol. The summed E-state index contributed by atoms with van der Waals surface area (Å²) in [6.07, 6.45) is 1.07. The fraction of sp³-hybridized carbons (Fsp3) is 0.294. The first-order chi connectivity index (χ1) is 11.0. The number of carbonyl (C=O) groups is 2. The number of ether oxygens (including phenoxy) is 1. The molecule has 6 heteroatoms. The van der Waals surface area contributed by atoms with Crippen LogP contribution in [0.15, 0.2) is 35.7 Å². The summed E-state index contributed by atoms with van der Waals surface area (Å²) in [6, 6.07) is 9.06. The fourth-order valence-corrected chi connectivity index (χ4v) is 2.91. The zero-order valence-electron chi connectivity index (χ0n) is 13.5. The Bertz CT molecular complexity index is 679. The third-order valence-electron chi connectivity index (χ3n) is 3.39. The highest BCUT2D eigenvalue weighted by Crippen LogP contribution is 2.22. The summed E-state index contributed by atoms with van der Waals surface area (Å²) in [7, 11) is 3.36. The summed E-state index contributed by atoms with van der Waals surface area (Å²) >= 11 is 1.29. The Hall–Kier alpha value is -2.34. The molecule has 0 saturated heterocycles. The second-order valence-corrected chi connectivity index (χ2v) is 6.02. The van der Waals surface area contributed by atoms with Gasteiger partial charge in [0.05, 0.1) is 17.7 Å². The Labute approximate surface area is 139 Å². The minimum absolute atomic E-state index is 0.201. The van der Waals surface area contributed by atoms with Gasteiger partial charge >= 0.3 is 5.97 Å². The highest BCUT2D eigenvalue weighted by molar-refractivity contribution is 7.14. The lowest BCUT2D eigenvalue weighted by Crippen LogP contribution is -2.18. The molecule has 1 heterocycles. The van der Waals surface area contributed by atoms with Crippen LogP contribution in [-0.4, -0.2) is 32.6 Å². The van der Waals surface area contributed by atoms with Crippen molar-refractivity contribution in [3.05, 3.63) is 46.8 Å². The van der Waals surface area contributed by atoms with Crippen LogP contribution in [0.5, 0.6) is 0 Å². The second kappa shape index (κ2) is 7.78. The van der Waals surface area contributed by atoms with E-state index in [0.29, 0.717) is 16.1 Å². The number of anilines is 2. The molecule has 23 heavy (non-hydrogen) atoms. The van der Waals surface area contributed by atoms with Gasteiger partial charge in [-0.15, -0.1) is 11.3 Å². The number of amides is 1. The average Bonchev–Trinajstić information content (AvgIpc) is 3.03. The summed E-state index contributed by atoms with van der Waals surface area (Å²) in [5.41, 5.74) is 2.09. The van der Waals surface area contributed by atoms with Crippen molar-refractivity contribution in [3.63, 3.8) is 0 Å². The highest BCUT2D eigenvalue weighted by atomic mass is 32.1. The molecule has 0 unspecified atom stereocenters. The van der Waals surface area contributed by atoms with Crippen molar-refractivity contribution in [1.29, 1.82) is 0 Å². The lowest BCUT2D eigenvalue weighted by Gasteiger charge is -2.18. The third-order valence-corrected chi connectivity index (χ3v) is 4.23. The first kappa shape index (κ1) is 17.0. The molecule has 1 N–H and O–H groups in total. The molecule has 2 aromatic rings. The smallest absolute Gasteiger partial charge is 0.338 e.